The summed E-state index contributed by atoms with van der Waals surface area (Å²) < 4.78 is 34.1. The molecule has 30 heavy (non-hydrogen) atoms. The van der Waals surface area contributed by atoms with Crippen molar-refractivity contribution >= 4 is 21.6 Å². The van der Waals surface area contributed by atoms with Crippen LogP contribution in [0.2, 0.25) is 0 Å². The molecule has 1 aliphatic rings. The second-order valence-corrected chi connectivity index (χ2v) is 8.80. The lowest BCUT2D eigenvalue weighted by Gasteiger charge is -2.26. The van der Waals surface area contributed by atoms with E-state index < -0.39 is 10.0 Å². The lowest BCUT2D eigenvalue weighted by atomic mass is 10.1. The highest BCUT2D eigenvalue weighted by Crippen LogP contribution is 2.21. The summed E-state index contributed by atoms with van der Waals surface area (Å²) in [5.41, 5.74) is 1.82. The first-order valence-electron chi connectivity index (χ1n) is 9.59. The normalized spacial score (nSPS) is 15.1. The van der Waals surface area contributed by atoms with E-state index in [4.69, 9.17) is 4.74 Å². The zero-order valence-electron chi connectivity index (χ0n) is 16.3. The minimum atomic E-state index is -3.67. The third kappa shape index (κ3) is 4.43. The molecule has 0 aliphatic carbocycles. The molecule has 1 fully saturated rings. The Kier molecular flexibility index (Phi) is 5.93. The molecule has 1 amide bonds. The minimum Gasteiger partial charge on any atom is -0.379 e. The topological polar surface area (TPSA) is 93.5 Å². The molecule has 0 unspecified atom stereocenters. The molecule has 156 valence electrons. The largest absolute Gasteiger partial charge is 0.379 e. The van der Waals surface area contributed by atoms with Crippen LogP contribution in [0, 0.1) is 0 Å². The van der Waals surface area contributed by atoms with Gasteiger partial charge in [0.25, 0.3) is 5.91 Å². The maximum atomic E-state index is 12.9. The number of sulfonamides is 1. The fraction of sp³-hybridized carbons (Fsp3) is 0.238. The van der Waals surface area contributed by atoms with E-state index in [0.29, 0.717) is 38.5 Å². The predicted molar refractivity (Wildman–Crippen MR) is 112 cm³/mol. The van der Waals surface area contributed by atoms with Crippen LogP contribution in [0.15, 0.2) is 71.9 Å². The fourth-order valence-corrected chi connectivity index (χ4v) is 4.73. The van der Waals surface area contributed by atoms with Crippen molar-refractivity contribution in [3.63, 3.8) is 0 Å². The van der Waals surface area contributed by atoms with Crippen molar-refractivity contribution in [1.29, 1.82) is 0 Å². The van der Waals surface area contributed by atoms with Crippen LogP contribution in [0.25, 0.3) is 0 Å². The average Bonchev–Trinajstić information content (AvgIpc) is 3.29. The molecule has 3 aromatic rings. The molecule has 0 bridgehead atoms. The summed E-state index contributed by atoms with van der Waals surface area (Å²) in [7, 11) is -3.67. The number of amides is 1. The molecule has 4 rings (SSSR count). The fourth-order valence-electron chi connectivity index (χ4n) is 3.28. The van der Waals surface area contributed by atoms with E-state index in [0.717, 1.165) is 5.56 Å². The number of benzene rings is 2. The number of carbonyl (C=O) groups is 1. The summed E-state index contributed by atoms with van der Waals surface area (Å²) in [5, 5.41) is 7.09. The van der Waals surface area contributed by atoms with Gasteiger partial charge in [-0.3, -0.25) is 9.48 Å². The van der Waals surface area contributed by atoms with Crippen molar-refractivity contribution in [2.24, 2.45) is 0 Å². The Morgan fingerprint density at radius 3 is 2.63 bits per heavy atom. The van der Waals surface area contributed by atoms with Crippen LogP contribution in [0.5, 0.6) is 0 Å². The zero-order valence-corrected chi connectivity index (χ0v) is 17.1. The number of hydrogen-bond donors (Lipinski definition) is 1. The highest BCUT2D eigenvalue weighted by molar-refractivity contribution is 7.89. The standard InChI is InChI=1S/C21H22N4O4S/c26-21(23-20-8-2-1-5-18(20)16-24-10-4-9-22-24)17-6-3-7-19(15-17)30(27,28)25-11-13-29-14-12-25/h1-10,15H,11-14,16H2,(H,23,26). The molecule has 9 heteroatoms. The Labute approximate surface area is 175 Å². The lowest BCUT2D eigenvalue weighted by molar-refractivity contribution is 0.0730. The van der Waals surface area contributed by atoms with E-state index in [1.54, 1.807) is 23.0 Å². The van der Waals surface area contributed by atoms with Gasteiger partial charge >= 0.3 is 0 Å². The zero-order chi connectivity index (χ0) is 21.0. The van der Waals surface area contributed by atoms with Crippen LogP contribution in [-0.4, -0.2) is 54.7 Å². The Bertz CT molecular complexity index is 1120. The molecule has 1 aliphatic heterocycles. The van der Waals surface area contributed by atoms with Crippen molar-refractivity contribution in [3.8, 4) is 0 Å². The predicted octanol–water partition coefficient (Wildman–Crippen LogP) is 2.20. The van der Waals surface area contributed by atoms with Gasteiger partial charge in [0.05, 0.1) is 24.7 Å². The summed E-state index contributed by atoms with van der Waals surface area (Å²) >= 11 is 0. The van der Waals surface area contributed by atoms with Gasteiger partial charge in [0.1, 0.15) is 0 Å². The monoisotopic (exact) mass is 426 g/mol. The highest BCUT2D eigenvalue weighted by Gasteiger charge is 2.27. The Hall–Kier alpha value is -3.01. The molecule has 1 saturated heterocycles. The van der Waals surface area contributed by atoms with Crippen molar-refractivity contribution in [2.75, 3.05) is 31.6 Å². The molecule has 2 aromatic carbocycles. The van der Waals surface area contributed by atoms with E-state index in [1.807, 2.05) is 36.5 Å². The van der Waals surface area contributed by atoms with Crippen LogP contribution in [0.3, 0.4) is 0 Å². The molecule has 1 N–H and O–H groups in total. The van der Waals surface area contributed by atoms with Crippen LogP contribution in [-0.2, 0) is 21.3 Å². The quantitative estimate of drug-likeness (QED) is 0.652. The number of anilines is 1. The van der Waals surface area contributed by atoms with E-state index in [1.165, 1.54) is 16.4 Å². The number of nitrogens with one attached hydrogen (secondary N) is 1. The van der Waals surface area contributed by atoms with Crippen LogP contribution in [0.1, 0.15) is 15.9 Å². The van der Waals surface area contributed by atoms with Crippen LogP contribution < -0.4 is 5.32 Å². The number of carbonyl (C=O) groups excluding carboxylic acids is 1. The first-order valence-corrected chi connectivity index (χ1v) is 11.0. The Morgan fingerprint density at radius 2 is 1.87 bits per heavy atom. The third-order valence-electron chi connectivity index (χ3n) is 4.86. The van der Waals surface area contributed by atoms with Gasteiger partial charge in [-0.25, -0.2) is 8.42 Å². The van der Waals surface area contributed by atoms with Gasteiger partial charge in [0.15, 0.2) is 0 Å². The number of hydrogen-bond acceptors (Lipinski definition) is 5. The van der Waals surface area contributed by atoms with Crippen molar-refractivity contribution < 1.29 is 17.9 Å². The van der Waals surface area contributed by atoms with Crippen molar-refractivity contribution in [2.45, 2.75) is 11.4 Å². The number of ether oxygens (including phenoxy) is 1. The van der Waals surface area contributed by atoms with Gasteiger partial charge in [0.2, 0.25) is 10.0 Å². The summed E-state index contributed by atoms with van der Waals surface area (Å²) in [6.45, 7) is 1.85. The lowest BCUT2D eigenvalue weighted by Crippen LogP contribution is -2.40. The molecule has 8 nitrogen and oxygen atoms in total. The molecular formula is C21H22N4O4S. The molecule has 0 atom stereocenters. The molecule has 0 spiro atoms. The summed E-state index contributed by atoms with van der Waals surface area (Å²) in [5.74, 6) is -0.373. The molecule has 1 aromatic heterocycles. The number of aromatic nitrogens is 2. The van der Waals surface area contributed by atoms with E-state index in [2.05, 4.69) is 10.4 Å². The van der Waals surface area contributed by atoms with Gasteiger partial charge in [-0.2, -0.15) is 9.40 Å². The second kappa shape index (κ2) is 8.78. The van der Waals surface area contributed by atoms with Crippen molar-refractivity contribution in [1.82, 2.24) is 14.1 Å². The average molecular weight is 426 g/mol. The smallest absolute Gasteiger partial charge is 0.255 e. The van der Waals surface area contributed by atoms with Gasteiger partial charge in [-0.05, 0) is 35.9 Å². The Morgan fingerprint density at radius 1 is 1.07 bits per heavy atom. The number of morpholine rings is 1. The minimum absolute atomic E-state index is 0.0990. The number of para-hydroxylation sites is 1. The number of rotatable bonds is 6. The highest BCUT2D eigenvalue weighted by atomic mass is 32.2. The maximum Gasteiger partial charge on any atom is 0.255 e. The second-order valence-electron chi connectivity index (χ2n) is 6.86. The molecule has 0 saturated carbocycles. The molecular weight excluding hydrogens is 404 g/mol. The maximum absolute atomic E-state index is 12.9. The SMILES string of the molecule is O=C(Nc1ccccc1Cn1cccn1)c1cccc(S(=O)(=O)N2CCOCC2)c1. The Balaban J connectivity index is 1.54. The summed E-state index contributed by atoms with van der Waals surface area (Å²) in [6, 6.07) is 15.4. The molecule has 0 radical (unpaired) electrons. The first-order chi connectivity index (χ1) is 14.5. The third-order valence-corrected chi connectivity index (χ3v) is 6.76. The van der Waals surface area contributed by atoms with E-state index in [9.17, 15) is 13.2 Å². The first kappa shape index (κ1) is 20.3. The van der Waals surface area contributed by atoms with Gasteiger partial charge < -0.3 is 10.1 Å². The summed E-state index contributed by atoms with van der Waals surface area (Å²) in [4.78, 5) is 13.0. The number of nitrogens with zero attached hydrogens (tertiary/aromatic N) is 3. The van der Waals surface area contributed by atoms with Crippen LogP contribution in [0.4, 0.5) is 5.69 Å². The van der Waals surface area contributed by atoms with Gasteiger partial charge in [-0.1, -0.05) is 24.3 Å². The van der Waals surface area contributed by atoms with E-state index in [-0.39, 0.29) is 16.4 Å². The van der Waals surface area contributed by atoms with E-state index >= 15 is 0 Å². The van der Waals surface area contributed by atoms with Crippen molar-refractivity contribution in [3.05, 3.63) is 78.1 Å². The summed E-state index contributed by atoms with van der Waals surface area (Å²) in [6.07, 6.45) is 3.54. The van der Waals surface area contributed by atoms with Gasteiger partial charge in [-0.15, -0.1) is 0 Å². The van der Waals surface area contributed by atoms with Gasteiger partial charge in [0, 0.05) is 36.7 Å². The molecule has 2 heterocycles. The van der Waals surface area contributed by atoms with Crippen LogP contribution >= 0.6 is 0 Å².